The summed E-state index contributed by atoms with van der Waals surface area (Å²) in [6.07, 6.45) is -19.2. The normalized spacial score (nSPS) is 14.4. The molecule has 5 rings (SSSR count). The molecule has 0 heterocycles. The van der Waals surface area contributed by atoms with Gasteiger partial charge in [0.1, 0.15) is 0 Å². The summed E-state index contributed by atoms with van der Waals surface area (Å²) >= 11 is 0. The van der Waals surface area contributed by atoms with Gasteiger partial charge in [-0.05, 0) is 122 Å². The van der Waals surface area contributed by atoms with Gasteiger partial charge in [-0.3, -0.25) is 0 Å². The zero-order chi connectivity index (χ0) is 37.1. The highest BCUT2D eigenvalue weighted by Gasteiger charge is 2.38. The number of benzene rings is 5. The zero-order valence-electron chi connectivity index (χ0n) is 27.0. The van der Waals surface area contributed by atoms with Gasteiger partial charge in [0, 0.05) is 0 Å². The molecular weight excluding hydrogens is 684 g/mol. The van der Waals surface area contributed by atoms with Gasteiger partial charge in [-0.1, -0.05) is 58.0 Å². The maximum Gasteiger partial charge on any atom is 0.416 e. The van der Waals surface area contributed by atoms with Crippen molar-refractivity contribution in [2.45, 2.75) is 77.1 Å². The Labute approximate surface area is 279 Å². The van der Waals surface area contributed by atoms with Crippen LogP contribution in [-0.4, -0.2) is 0 Å². The first-order chi connectivity index (χ1) is 23.0. The highest BCUT2D eigenvalue weighted by molar-refractivity contribution is 6.16. The van der Waals surface area contributed by atoms with Gasteiger partial charge in [0.05, 0.1) is 22.3 Å². The Morgan fingerprint density at radius 2 is 0.920 bits per heavy atom. The Hall–Kier alpha value is -4.22. The van der Waals surface area contributed by atoms with Crippen molar-refractivity contribution >= 4 is 21.5 Å². The van der Waals surface area contributed by atoms with Crippen molar-refractivity contribution in [3.63, 3.8) is 0 Å². The Morgan fingerprint density at radius 3 is 1.36 bits per heavy atom. The number of halogens is 12. The third-order valence-electron chi connectivity index (χ3n) is 9.25. The molecule has 2 unspecified atom stereocenters. The fourth-order valence-electron chi connectivity index (χ4n) is 6.14. The van der Waals surface area contributed by atoms with Crippen molar-refractivity contribution < 1.29 is 52.7 Å². The van der Waals surface area contributed by atoms with Gasteiger partial charge in [0.25, 0.3) is 0 Å². The summed E-state index contributed by atoms with van der Waals surface area (Å²) in [6.45, 7) is 7.48. The number of hydrogen-bond donors (Lipinski definition) is 0. The predicted molar refractivity (Wildman–Crippen MR) is 170 cm³/mol. The van der Waals surface area contributed by atoms with E-state index in [0.717, 1.165) is 0 Å². The monoisotopic (exact) mass is 714 g/mol. The molecule has 0 aromatic heterocycles. The second-order valence-corrected chi connectivity index (χ2v) is 12.6. The van der Waals surface area contributed by atoms with Crippen LogP contribution in [-0.2, 0) is 24.7 Å². The van der Waals surface area contributed by atoms with Gasteiger partial charge in [-0.15, -0.1) is 0 Å². The fourth-order valence-corrected chi connectivity index (χ4v) is 6.14. The molecule has 0 aliphatic rings. The van der Waals surface area contributed by atoms with Crippen LogP contribution in [0.5, 0.6) is 0 Å². The molecule has 2 atom stereocenters. The minimum atomic E-state index is -5.11. The van der Waals surface area contributed by atoms with Gasteiger partial charge >= 0.3 is 24.7 Å². The SMILES string of the molecule is CCC(C)c1cc(-c2cc(C(F)(F)F)cc(C(F)(F)F)c2)c2c(c1)cc(C(C)CC)c1cc(-c3cc(C(F)(F)F)cc(C(F)(F)F)c3)ccc12. The standard InChI is InChI=1S/C38H30F12/c1-5-19(3)22-9-25-16-31(20(4)6-2)33-14-21(23-10-26(35(39,40)41)17-27(11-23)36(42,43)44)7-8-30(33)34(25)32(15-22)24-12-28(37(45,46)47)18-29(13-24)38(48,49)50/h7-20H,5-6H2,1-4H3. The first-order valence-electron chi connectivity index (χ1n) is 15.7. The van der Waals surface area contributed by atoms with Crippen molar-refractivity contribution in [3.8, 4) is 22.3 Å². The van der Waals surface area contributed by atoms with Crippen molar-refractivity contribution in [3.05, 3.63) is 106 Å². The van der Waals surface area contributed by atoms with Crippen LogP contribution in [0.15, 0.2) is 72.8 Å². The molecule has 5 aromatic carbocycles. The average molecular weight is 715 g/mol. The smallest absolute Gasteiger partial charge is 0.166 e. The van der Waals surface area contributed by atoms with Crippen LogP contribution in [0, 0.1) is 0 Å². The van der Waals surface area contributed by atoms with Crippen LogP contribution in [0.1, 0.15) is 85.8 Å². The molecule has 0 N–H and O–H groups in total. The summed E-state index contributed by atoms with van der Waals surface area (Å²) in [5.74, 6) is -0.342. The van der Waals surface area contributed by atoms with Gasteiger partial charge in [-0.25, -0.2) is 0 Å². The van der Waals surface area contributed by atoms with Crippen molar-refractivity contribution in [2.75, 3.05) is 0 Å². The van der Waals surface area contributed by atoms with E-state index < -0.39 is 47.0 Å². The average Bonchev–Trinajstić information content (AvgIpc) is 3.04. The Bertz CT molecular complexity index is 2000. The molecule has 0 saturated heterocycles. The molecule has 266 valence electrons. The maximum atomic E-state index is 14.0. The number of rotatable bonds is 6. The molecule has 0 bridgehead atoms. The summed E-state index contributed by atoms with van der Waals surface area (Å²) in [7, 11) is 0. The van der Waals surface area contributed by atoms with Gasteiger partial charge < -0.3 is 0 Å². The van der Waals surface area contributed by atoms with Gasteiger partial charge in [-0.2, -0.15) is 52.7 Å². The molecule has 5 aromatic rings. The lowest BCUT2D eigenvalue weighted by molar-refractivity contribution is -0.144. The topological polar surface area (TPSA) is 0 Å². The van der Waals surface area contributed by atoms with Crippen LogP contribution in [0.25, 0.3) is 43.8 Å². The molecule has 0 amide bonds. The molecule has 12 heteroatoms. The van der Waals surface area contributed by atoms with Crippen LogP contribution in [0.3, 0.4) is 0 Å². The second-order valence-electron chi connectivity index (χ2n) is 12.6. The summed E-state index contributed by atoms with van der Waals surface area (Å²) in [5, 5.41) is 1.55. The minimum absolute atomic E-state index is 0.00852. The molecular formula is C38H30F12. The molecule has 0 fully saturated rings. The number of alkyl halides is 12. The van der Waals surface area contributed by atoms with E-state index in [4.69, 9.17) is 0 Å². The Kier molecular flexibility index (Phi) is 9.51. The van der Waals surface area contributed by atoms with E-state index >= 15 is 0 Å². The third-order valence-corrected chi connectivity index (χ3v) is 9.25. The van der Waals surface area contributed by atoms with Crippen LogP contribution >= 0.6 is 0 Å². The zero-order valence-corrected chi connectivity index (χ0v) is 27.0. The second kappa shape index (κ2) is 12.8. The lowest BCUT2D eigenvalue weighted by Gasteiger charge is -2.22. The first kappa shape index (κ1) is 37.0. The number of fused-ring (bicyclic) bond motifs is 3. The Balaban J connectivity index is 1.93. The molecule has 0 saturated carbocycles. The van der Waals surface area contributed by atoms with Crippen LogP contribution < -0.4 is 0 Å². The molecule has 0 spiro atoms. The molecule has 50 heavy (non-hydrogen) atoms. The molecule has 0 aliphatic carbocycles. The maximum absolute atomic E-state index is 14.0. The van der Waals surface area contributed by atoms with E-state index in [2.05, 4.69) is 0 Å². The van der Waals surface area contributed by atoms with E-state index in [1.165, 1.54) is 18.2 Å². The highest BCUT2D eigenvalue weighted by atomic mass is 19.4. The largest absolute Gasteiger partial charge is 0.416 e. The summed E-state index contributed by atoms with van der Waals surface area (Å²) < 4.78 is 166. The van der Waals surface area contributed by atoms with E-state index in [9.17, 15) is 52.7 Å². The van der Waals surface area contributed by atoms with Crippen LogP contribution in [0.4, 0.5) is 52.7 Å². The molecule has 0 aliphatic heterocycles. The van der Waals surface area contributed by atoms with E-state index in [1.54, 1.807) is 12.1 Å². The first-order valence-corrected chi connectivity index (χ1v) is 15.7. The molecule has 0 nitrogen and oxygen atoms in total. The van der Waals surface area contributed by atoms with E-state index in [1.807, 2.05) is 33.8 Å². The quantitative estimate of drug-likeness (QED) is 0.121. The summed E-state index contributed by atoms with van der Waals surface area (Å²) in [6, 6.07) is 11.8. The van der Waals surface area contributed by atoms with Crippen molar-refractivity contribution in [1.29, 1.82) is 0 Å². The minimum Gasteiger partial charge on any atom is -0.166 e. The fraction of sp³-hybridized carbons (Fsp3) is 0.316. The van der Waals surface area contributed by atoms with Crippen molar-refractivity contribution in [2.24, 2.45) is 0 Å². The van der Waals surface area contributed by atoms with E-state index in [-0.39, 0.29) is 51.6 Å². The lowest BCUT2D eigenvalue weighted by Crippen LogP contribution is -2.11. The lowest BCUT2D eigenvalue weighted by atomic mass is 9.83. The number of hydrogen-bond acceptors (Lipinski definition) is 0. The van der Waals surface area contributed by atoms with Gasteiger partial charge in [0.2, 0.25) is 0 Å². The summed E-state index contributed by atoms with van der Waals surface area (Å²) in [5.41, 5.74) is -5.34. The van der Waals surface area contributed by atoms with Crippen molar-refractivity contribution in [1.82, 2.24) is 0 Å². The van der Waals surface area contributed by atoms with E-state index in [0.29, 0.717) is 64.4 Å². The third kappa shape index (κ3) is 7.30. The highest BCUT2D eigenvalue weighted by Crippen LogP contribution is 2.46. The molecule has 0 radical (unpaired) electrons. The Morgan fingerprint density at radius 1 is 0.460 bits per heavy atom. The predicted octanol–water partition coefficient (Wildman–Crippen LogP) is 14.4. The van der Waals surface area contributed by atoms with Crippen LogP contribution in [0.2, 0.25) is 0 Å². The summed E-state index contributed by atoms with van der Waals surface area (Å²) in [4.78, 5) is 0. The van der Waals surface area contributed by atoms with Gasteiger partial charge in [0.15, 0.2) is 0 Å².